The average Bonchev–Trinajstić information content (AvgIpc) is 3.69. The lowest BCUT2D eigenvalue weighted by Crippen LogP contribution is -2.41. The number of carbonyl (C=O) groups is 1. The minimum absolute atomic E-state index is 0.0662. The Kier molecular flexibility index (Phi) is 6.52. The van der Waals surface area contributed by atoms with E-state index in [0.717, 1.165) is 5.46 Å². The van der Waals surface area contributed by atoms with Crippen molar-refractivity contribution in [3.8, 4) is 5.69 Å². The van der Waals surface area contributed by atoms with Gasteiger partial charge in [0.05, 0.1) is 17.1 Å². The molecule has 0 saturated heterocycles. The molecule has 38 heavy (non-hydrogen) atoms. The lowest BCUT2D eigenvalue weighted by atomic mass is 9.96. The van der Waals surface area contributed by atoms with Gasteiger partial charge in [0.25, 0.3) is 11.1 Å². The van der Waals surface area contributed by atoms with E-state index < -0.39 is 22.6 Å². The second kappa shape index (κ2) is 9.81. The van der Waals surface area contributed by atoms with E-state index in [1.807, 2.05) is 6.92 Å². The number of nitrogens with zero attached hydrogens (tertiary/aromatic N) is 3. The zero-order valence-corrected chi connectivity index (χ0v) is 21.4. The average molecular weight is 515 g/mol. The molecule has 0 bridgehead atoms. The smallest absolute Gasteiger partial charge is 0.337 e. The van der Waals surface area contributed by atoms with Crippen molar-refractivity contribution in [2.24, 2.45) is 7.05 Å². The molecule has 0 spiro atoms. The maximum Gasteiger partial charge on any atom is 0.337 e. The zero-order chi connectivity index (χ0) is 27.1. The fraction of sp³-hybridized carbons (Fsp3) is 0.259. The van der Waals surface area contributed by atoms with Gasteiger partial charge in [-0.05, 0) is 49.6 Å². The number of hydrogen-bond donors (Lipinski definition) is 2. The Morgan fingerprint density at radius 2 is 1.84 bits per heavy atom. The Labute approximate surface area is 217 Å². The van der Waals surface area contributed by atoms with E-state index in [0.29, 0.717) is 37.1 Å². The van der Waals surface area contributed by atoms with Gasteiger partial charge in [-0.1, -0.05) is 24.5 Å². The number of nitrogens with one attached hydrogen (secondary N) is 2. The molecule has 5 rings (SSSR count). The molecule has 4 aromatic rings. The minimum Gasteiger partial charge on any atom is -0.352 e. The number of benzene rings is 2. The number of carbonyl (C=O) groups excluding carboxylic acids is 1. The van der Waals surface area contributed by atoms with Gasteiger partial charge in [-0.25, -0.2) is 13.8 Å². The number of hydrogen-bond acceptors (Lipinski definition) is 5. The van der Waals surface area contributed by atoms with E-state index >= 15 is 0 Å². The summed E-state index contributed by atoms with van der Waals surface area (Å²) in [4.78, 5) is 52.8. The van der Waals surface area contributed by atoms with Gasteiger partial charge in [0.2, 0.25) is 5.91 Å². The first-order chi connectivity index (χ1) is 18.2. The molecule has 194 valence electrons. The lowest BCUT2D eigenvalue weighted by Gasteiger charge is -2.19. The number of aromatic nitrogens is 3. The van der Waals surface area contributed by atoms with Crippen LogP contribution in [-0.4, -0.2) is 27.5 Å². The Balaban J connectivity index is 1.80. The summed E-state index contributed by atoms with van der Waals surface area (Å²) in [5.41, 5.74) is 0.208. The van der Waals surface area contributed by atoms with Crippen molar-refractivity contribution >= 4 is 47.3 Å². The summed E-state index contributed by atoms with van der Waals surface area (Å²) in [7, 11) is 3.23. The molecule has 1 fully saturated rings. The molecule has 0 atom stereocenters. The fourth-order valence-corrected chi connectivity index (χ4v) is 4.59. The molecular formula is C27H27BFN5O4. The van der Waals surface area contributed by atoms with Crippen molar-refractivity contribution in [1.82, 2.24) is 13.7 Å². The van der Waals surface area contributed by atoms with Crippen LogP contribution in [0.4, 0.5) is 21.5 Å². The van der Waals surface area contributed by atoms with Gasteiger partial charge in [-0.15, -0.1) is 0 Å². The first-order valence-corrected chi connectivity index (χ1v) is 12.5. The summed E-state index contributed by atoms with van der Waals surface area (Å²) in [6.07, 6.45) is 2.38. The van der Waals surface area contributed by atoms with Crippen LogP contribution >= 0.6 is 0 Å². The van der Waals surface area contributed by atoms with Gasteiger partial charge in [-0.3, -0.25) is 23.5 Å². The van der Waals surface area contributed by atoms with Crippen molar-refractivity contribution in [2.75, 3.05) is 10.6 Å². The highest BCUT2D eigenvalue weighted by molar-refractivity contribution is 6.32. The number of fused-ring (bicyclic) bond motifs is 1. The highest BCUT2D eigenvalue weighted by Crippen LogP contribution is 2.33. The molecule has 1 saturated carbocycles. The monoisotopic (exact) mass is 515 g/mol. The number of anilines is 3. The Morgan fingerprint density at radius 1 is 1.08 bits per heavy atom. The van der Waals surface area contributed by atoms with Crippen LogP contribution in [-0.2, 0) is 11.8 Å². The van der Waals surface area contributed by atoms with E-state index in [1.165, 1.54) is 38.9 Å². The standard InChI is InChI=1S/C27H27BFN5O4/c1-3-5-22(35)30-16-6-4-7-18(13-16)33-25-24(26(37)34(27(33)38)17-9-10-17)21(14-23(36)32(25)2)31-20-11-8-15(28)12-19(20)29/h4,6-8,11-14,17,31H,3,5,9-10,28H2,1-2H3,(H,30,35). The van der Waals surface area contributed by atoms with Crippen LogP contribution in [0.1, 0.15) is 38.6 Å². The van der Waals surface area contributed by atoms with Gasteiger partial charge in [0.15, 0.2) is 0 Å². The van der Waals surface area contributed by atoms with E-state index in [-0.39, 0.29) is 34.4 Å². The number of halogens is 1. The van der Waals surface area contributed by atoms with Gasteiger partial charge in [0, 0.05) is 31.3 Å². The molecule has 11 heteroatoms. The summed E-state index contributed by atoms with van der Waals surface area (Å²) in [5.74, 6) is -0.700. The second-order valence-electron chi connectivity index (χ2n) is 9.63. The Morgan fingerprint density at radius 3 is 2.53 bits per heavy atom. The summed E-state index contributed by atoms with van der Waals surface area (Å²) in [5, 5.41) is 5.81. The zero-order valence-electron chi connectivity index (χ0n) is 21.4. The summed E-state index contributed by atoms with van der Waals surface area (Å²) >= 11 is 0. The predicted molar refractivity (Wildman–Crippen MR) is 149 cm³/mol. The minimum atomic E-state index is -0.587. The lowest BCUT2D eigenvalue weighted by molar-refractivity contribution is -0.116. The van der Waals surface area contributed by atoms with Crippen LogP contribution in [0.5, 0.6) is 0 Å². The Bertz CT molecular complexity index is 1770. The quantitative estimate of drug-likeness (QED) is 0.367. The molecule has 1 aliphatic carbocycles. The topological polar surface area (TPSA) is 107 Å². The van der Waals surface area contributed by atoms with Crippen molar-refractivity contribution in [2.45, 2.75) is 38.6 Å². The molecule has 1 amide bonds. The molecule has 0 radical (unpaired) electrons. The first kappa shape index (κ1) is 25.3. The normalized spacial score (nSPS) is 13.0. The maximum absolute atomic E-state index is 14.7. The first-order valence-electron chi connectivity index (χ1n) is 12.5. The molecule has 2 N–H and O–H groups in total. The van der Waals surface area contributed by atoms with E-state index in [4.69, 9.17) is 0 Å². The number of aryl methyl sites for hydroxylation is 1. The third kappa shape index (κ3) is 4.55. The van der Waals surface area contributed by atoms with Crippen molar-refractivity contribution in [3.05, 3.63) is 85.5 Å². The van der Waals surface area contributed by atoms with Crippen molar-refractivity contribution < 1.29 is 9.18 Å². The largest absolute Gasteiger partial charge is 0.352 e. The molecule has 2 aromatic carbocycles. The van der Waals surface area contributed by atoms with Gasteiger partial charge >= 0.3 is 5.69 Å². The Hall–Kier alpha value is -4.41. The van der Waals surface area contributed by atoms with Crippen molar-refractivity contribution in [3.63, 3.8) is 0 Å². The van der Waals surface area contributed by atoms with Crippen LogP contribution in [0.3, 0.4) is 0 Å². The summed E-state index contributed by atoms with van der Waals surface area (Å²) in [6, 6.07) is 12.2. The number of amides is 1. The van der Waals surface area contributed by atoms with E-state index in [2.05, 4.69) is 10.6 Å². The molecule has 0 unspecified atom stereocenters. The van der Waals surface area contributed by atoms with Crippen LogP contribution in [0.2, 0.25) is 0 Å². The van der Waals surface area contributed by atoms with E-state index in [9.17, 15) is 23.6 Å². The number of rotatable bonds is 7. The maximum atomic E-state index is 14.7. The number of pyridine rings is 1. The highest BCUT2D eigenvalue weighted by atomic mass is 19.1. The second-order valence-corrected chi connectivity index (χ2v) is 9.63. The van der Waals surface area contributed by atoms with Crippen LogP contribution in [0, 0.1) is 5.82 Å². The molecule has 2 aromatic heterocycles. The fourth-order valence-electron chi connectivity index (χ4n) is 4.59. The summed E-state index contributed by atoms with van der Waals surface area (Å²) in [6.45, 7) is 1.90. The molecule has 1 aliphatic rings. The van der Waals surface area contributed by atoms with E-state index in [1.54, 1.807) is 38.2 Å². The molecule has 2 heterocycles. The third-order valence-electron chi connectivity index (χ3n) is 6.62. The summed E-state index contributed by atoms with van der Waals surface area (Å²) < 4.78 is 18.5. The molecule has 0 aliphatic heterocycles. The molecular weight excluding hydrogens is 488 g/mol. The van der Waals surface area contributed by atoms with Gasteiger partial charge < -0.3 is 10.6 Å². The predicted octanol–water partition coefficient (Wildman–Crippen LogP) is 2.07. The van der Waals surface area contributed by atoms with Crippen LogP contribution < -0.4 is 32.9 Å². The third-order valence-corrected chi connectivity index (χ3v) is 6.62. The van der Waals surface area contributed by atoms with Crippen LogP contribution in [0.15, 0.2) is 62.9 Å². The van der Waals surface area contributed by atoms with Gasteiger partial charge in [-0.2, -0.15) is 0 Å². The highest BCUT2D eigenvalue weighted by Gasteiger charge is 2.31. The SMILES string of the molecule is Bc1ccc(Nc2cc(=O)n(C)c3c2c(=O)n(C2CC2)c(=O)n3-c2cccc(NC(=O)CCC)c2)c(F)c1. The van der Waals surface area contributed by atoms with Gasteiger partial charge in [0.1, 0.15) is 24.7 Å². The van der Waals surface area contributed by atoms with Crippen LogP contribution in [0.25, 0.3) is 16.7 Å². The van der Waals surface area contributed by atoms with Crippen molar-refractivity contribution in [1.29, 1.82) is 0 Å². The molecule has 9 nitrogen and oxygen atoms in total.